The zero-order valence-corrected chi connectivity index (χ0v) is 12.1. The predicted molar refractivity (Wildman–Crippen MR) is 82.1 cm³/mol. The van der Waals surface area contributed by atoms with Crippen molar-refractivity contribution < 1.29 is 13.6 Å². The molecule has 1 amide bonds. The molecule has 2 N–H and O–H groups in total. The number of aromatic amines is 1. The minimum atomic E-state index is -0.803. The Morgan fingerprint density at radius 1 is 1.09 bits per heavy atom. The molecule has 1 aromatic heterocycles. The van der Waals surface area contributed by atoms with Crippen LogP contribution in [0.4, 0.5) is 14.5 Å². The lowest BCUT2D eigenvalue weighted by Crippen LogP contribution is -2.13. The predicted octanol–water partition coefficient (Wildman–Crippen LogP) is 4.32. The van der Waals surface area contributed by atoms with E-state index in [1.165, 1.54) is 6.07 Å². The van der Waals surface area contributed by atoms with E-state index in [0.717, 1.165) is 34.3 Å². The van der Waals surface area contributed by atoms with Crippen LogP contribution in [-0.2, 0) is 0 Å². The molecule has 2 aromatic carbocycles. The number of rotatable bonds is 2. The fourth-order valence-electron chi connectivity index (χ4n) is 2.39. The Morgan fingerprint density at radius 3 is 2.59 bits per heavy atom. The maximum Gasteiger partial charge on any atom is 0.255 e. The van der Waals surface area contributed by atoms with Crippen LogP contribution in [0.15, 0.2) is 36.4 Å². The molecule has 0 saturated heterocycles. The number of benzene rings is 2. The molecule has 3 nitrogen and oxygen atoms in total. The molecule has 0 saturated carbocycles. The lowest BCUT2D eigenvalue weighted by atomic mass is 10.1. The number of halogens is 2. The smallest absolute Gasteiger partial charge is 0.255 e. The fourth-order valence-corrected chi connectivity index (χ4v) is 2.39. The molecule has 0 bridgehead atoms. The molecule has 0 radical (unpaired) electrons. The zero-order valence-electron chi connectivity index (χ0n) is 12.1. The number of hydrogen-bond donors (Lipinski definition) is 2. The van der Waals surface area contributed by atoms with Crippen molar-refractivity contribution >= 4 is 22.5 Å². The number of H-pyrrole nitrogens is 1. The molecule has 112 valence electrons. The van der Waals surface area contributed by atoms with E-state index in [0.29, 0.717) is 5.56 Å². The molecule has 0 aliphatic heterocycles. The number of carbonyl (C=O) groups is 1. The second-order valence-corrected chi connectivity index (χ2v) is 5.21. The highest BCUT2D eigenvalue weighted by Gasteiger charge is 2.12. The Labute approximate surface area is 126 Å². The third-order valence-corrected chi connectivity index (χ3v) is 3.75. The Hall–Kier alpha value is -2.69. The number of carbonyl (C=O) groups excluding carboxylic acids is 1. The third-order valence-electron chi connectivity index (χ3n) is 3.75. The summed E-state index contributed by atoms with van der Waals surface area (Å²) in [5.41, 5.74) is 3.42. The summed E-state index contributed by atoms with van der Waals surface area (Å²) >= 11 is 0. The van der Waals surface area contributed by atoms with Gasteiger partial charge in [-0.2, -0.15) is 0 Å². The van der Waals surface area contributed by atoms with E-state index in [1.54, 1.807) is 12.1 Å². The minimum absolute atomic E-state index is 0.0477. The van der Waals surface area contributed by atoms with Gasteiger partial charge in [0.25, 0.3) is 5.91 Å². The van der Waals surface area contributed by atoms with Gasteiger partial charge in [-0.3, -0.25) is 4.79 Å². The maximum absolute atomic E-state index is 13.6. The Kier molecular flexibility index (Phi) is 3.41. The van der Waals surface area contributed by atoms with Gasteiger partial charge in [-0.15, -0.1) is 0 Å². The van der Waals surface area contributed by atoms with Crippen molar-refractivity contribution in [3.05, 3.63) is 64.9 Å². The van der Waals surface area contributed by atoms with Gasteiger partial charge in [-0.05, 0) is 49.7 Å². The van der Waals surface area contributed by atoms with Gasteiger partial charge < -0.3 is 10.3 Å². The Bertz CT molecular complexity index is 884. The first kappa shape index (κ1) is 14.3. The molecule has 0 atom stereocenters. The van der Waals surface area contributed by atoms with Gasteiger partial charge >= 0.3 is 0 Å². The van der Waals surface area contributed by atoms with E-state index in [2.05, 4.69) is 10.3 Å². The number of aromatic nitrogens is 1. The molecule has 0 aliphatic rings. The van der Waals surface area contributed by atoms with Crippen LogP contribution in [0, 0.1) is 25.5 Å². The second kappa shape index (κ2) is 5.26. The molecule has 3 rings (SSSR count). The van der Waals surface area contributed by atoms with Crippen LogP contribution in [0.5, 0.6) is 0 Å². The number of amides is 1. The molecule has 0 spiro atoms. The summed E-state index contributed by atoms with van der Waals surface area (Å²) in [4.78, 5) is 15.5. The molecule has 0 unspecified atom stereocenters. The van der Waals surface area contributed by atoms with Crippen LogP contribution < -0.4 is 5.32 Å². The van der Waals surface area contributed by atoms with E-state index in [4.69, 9.17) is 0 Å². The Morgan fingerprint density at radius 2 is 1.86 bits per heavy atom. The van der Waals surface area contributed by atoms with E-state index >= 15 is 0 Å². The van der Waals surface area contributed by atoms with Crippen LogP contribution in [-0.4, -0.2) is 10.9 Å². The van der Waals surface area contributed by atoms with E-state index in [1.807, 2.05) is 19.9 Å². The SMILES string of the molecule is Cc1[nH]c2ccc(C(=O)Nc3ccc(F)cc3F)cc2c1C. The average Bonchev–Trinajstić information content (AvgIpc) is 2.77. The average molecular weight is 300 g/mol. The lowest BCUT2D eigenvalue weighted by molar-refractivity contribution is 0.102. The Balaban J connectivity index is 1.93. The van der Waals surface area contributed by atoms with Crippen molar-refractivity contribution in [3.8, 4) is 0 Å². The summed E-state index contributed by atoms with van der Waals surface area (Å²) in [5.74, 6) is -1.93. The molecule has 0 aliphatic carbocycles. The van der Waals surface area contributed by atoms with Crippen molar-refractivity contribution in [1.82, 2.24) is 4.98 Å². The molecule has 3 aromatic rings. The number of anilines is 1. The fraction of sp³-hybridized carbons (Fsp3) is 0.118. The summed E-state index contributed by atoms with van der Waals surface area (Å²) in [6, 6.07) is 8.26. The highest BCUT2D eigenvalue weighted by Crippen LogP contribution is 2.23. The monoisotopic (exact) mass is 300 g/mol. The van der Waals surface area contributed by atoms with Gasteiger partial charge in [0, 0.05) is 28.2 Å². The number of nitrogens with one attached hydrogen (secondary N) is 2. The first-order valence-corrected chi connectivity index (χ1v) is 6.81. The molecular formula is C17H14F2N2O. The standard InChI is InChI=1S/C17H14F2N2O/c1-9-10(2)20-15-5-3-11(7-13(9)15)17(22)21-16-6-4-12(18)8-14(16)19/h3-8,20H,1-2H3,(H,21,22). The van der Waals surface area contributed by atoms with E-state index in [9.17, 15) is 13.6 Å². The zero-order chi connectivity index (χ0) is 15.9. The molecular weight excluding hydrogens is 286 g/mol. The highest BCUT2D eigenvalue weighted by atomic mass is 19.1. The van der Waals surface area contributed by atoms with Gasteiger partial charge in [0.2, 0.25) is 0 Å². The summed E-state index contributed by atoms with van der Waals surface area (Å²) < 4.78 is 26.5. The third kappa shape index (κ3) is 2.45. The van der Waals surface area contributed by atoms with Crippen LogP contribution >= 0.6 is 0 Å². The molecule has 5 heteroatoms. The quantitative estimate of drug-likeness (QED) is 0.727. The van der Waals surface area contributed by atoms with Crippen molar-refractivity contribution in [1.29, 1.82) is 0 Å². The highest BCUT2D eigenvalue weighted by molar-refractivity contribution is 6.06. The van der Waals surface area contributed by atoms with Crippen molar-refractivity contribution in [2.45, 2.75) is 13.8 Å². The van der Waals surface area contributed by atoms with Gasteiger partial charge in [-0.25, -0.2) is 8.78 Å². The molecule has 1 heterocycles. The lowest BCUT2D eigenvalue weighted by Gasteiger charge is -2.07. The minimum Gasteiger partial charge on any atom is -0.358 e. The van der Waals surface area contributed by atoms with Crippen LogP contribution in [0.3, 0.4) is 0 Å². The van der Waals surface area contributed by atoms with Crippen LogP contribution in [0.2, 0.25) is 0 Å². The molecule has 22 heavy (non-hydrogen) atoms. The van der Waals surface area contributed by atoms with Gasteiger partial charge in [0.15, 0.2) is 0 Å². The summed E-state index contributed by atoms with van der Waals surface area (Å²) in [5, 5.41) is 3.40. The van der Waals surface area contributed by atoms with E-state index < -0.39 is 17.5 Å². The topological polar surface area (TPSA) is 44.9 Å². The van der Waals surface area contributed by atoms with Gasteiger partial charge in [0.1, 0.15) is 11.6 Å². The van der Waals surface area contributed by atoms with Crippen molar-refractivity contribution in [2.75, 3.05) is 5.32 Å². The normalized spacial score (nSPS) is 10.9. The summed E-state index contributed by atoms with van der Waals surface area (Å²) in [6.45, 7) is 3.93. The number of fused-ring (bicyclic) bond motifs is 1. The summed E-state index contributed by atoms with van der Waals surface area (Å²) in [7, 11) is 0. The largest absolute Gasteiger partial charge is 0.358 e. The first-order chi connectivity index (χ1) is 10.5. The van der Waals surface area contributed by atoms with Crippen molar-refractivity contribution in [3.63, 3.8) is 0 Å². The van der Waals surface area contributed by atoms with Crippen LogP contribution in [0.25, 0.3) is 10.9 Å². The first-order valence-electron chi connectivity index (χ1n) is 6.81. The van der Waals surface area contributed by atoms with Gasteiger partial charge in [-0.1, -0.05) is 0 Å². The summed E-state index contributed by atoms with van der Waals surface area (Å²) in [6.07, 6.45) is 0. The molecule has 0 fully saturated rings. The van der Waals surface area contributed by atoms with E-state index in [-0.39, 0.29) is 5.69 Å². The van der Waals surface area contributed by atoms with Crippen molar-refractivity contribution in [2.24, 2.45) is 0 Å². The second-order valence-electron chi connectivity index (χ2n) is 5.21. The maximum atomic E-state index is 13.6. The van der Waals surface area contributed by atoms with Crippen LogP contribution in [0.1, 0.15) is 21.6 Å². The van der Waals surface area contributed by atoms with Gasteiger partial charge in [0.05, 0.1) is 5.69 Å². The number of hydrogen-bond acceptors (Lipinski definition) is 1. The number of aryl methyl sites for hydroxylation is 2.